The molecule has 4 heteroatoms. The van der Waals surface area contributed by atoms with E-state index in [-0.39, 0.29) is 0 Å². The lowest BCUT2D eigenvalue weighted by Gasteiger charge is -1.96. The maximum Gasteiger partial charge on any atom is 0.162 e. The summed E-state index contributed by atoms with van der Waals surface area (Å²) in [6.07, 6.45) is 1.63. The second-order valence-corrected chi connectivity index (χ2v) is 4.61. The van der Waals surface area contributed by atoms with E-state index < -0.39 is 0 Å². The lowest BCUT2D eigenvalue weighted by Crippen LogP contribution is -1.84. The molecule has 0 radical (unpaired) electrons. The van der Waals surface area contributed by atoms with E-state index in [0.29, 0.717) is 5.00 Å². The monoisotopic (exact) mass is 242 g/mol. The summed E-state index contributed by atoms with van der Waals surface area (Å²) < 4.78 is 5.32. The fourth-order valence-corrected chi connectivity index (χ4v) is 2.46. The van der Waals surface area contributed by atoms with Crippen molar-refractivity contribution in [3.05, 3.63) is 48.7 Å². The van der Waals surface area contributed by atoms with Crippen molar-refractivity contribution in [1.82, 2.24) is 4.98 Å². The summed E-state index contributed by atoms with van der Waals surface area (Å²) in [6, 6.07) is 13.6. The fraction of sp³-hybridized carbons (Fsp3) is 0. The third kappa shape index (κ3) is 1.83. The average Bonchev–Trinajstić information content (AvgIpc) is 2.99. The lowest BCUT2D eigenvalue weighted by molar-refractivity contribution is 0.582. The molecule has 0 unspecified atom stereocenters. The number of hydrogen-bond acceptors (Lipinski definition) is 4. The van der Waals surface area contributed by atoms with E-state index in [9.17, 15) is 0 Å². The quantitative estimate of drug-likeness (QED) is 0.746. The fourth-order valence-electron chi connectivity index (χ4n) is 1.64. The maximum absolute atomic E-state index is 5.99. The minimum absolute atomic E-state index is 0.711. The zero-order valence-corrected chi connectivity index (χ0v) is 9.78. The number of aromatic nitrogens is 1. The molecule has 1 aromatic carbocycles. The van der Waals surface area contributed by atoms with Gasteiger partial charge in [-0.3, -0.25) is 0 Å². The van der Waals surface area contributed by atoms with Gasteiger partial charge in [-0.2, -0.15) is 0 Å². The molecule has 0 spiro atoms. The van der Waals surface area contributed by atoms with Crippen molar-refractivity contribution in [3.8, 4) is 22.0 Å². The zero-order chi connectivity index (χ0) is 11.7. The number of nitrogens with zero attached hydrogens (tertiary/aromatic N) is 1. The van der Waals surface area contributed by atoms with Gasteiger partial charge in [-0.15, -0.1) is 0 Å². The number of nitrogens with two attached hydrogens (primary N) is 1. The molecular weight excluding hydrogens is 232 g/mol. The Hall–Kier alpha value is -2.07. The van der Waals surface area contributed by atoms with E-state index in [4.69, 9.17) is 10.2 Å². The SMILES string of the molecule is Nc1sc(-c2ccco2)nc1-c1ccccc1. The molecule has 3 aromatic rings. The topological polar surface area (TPSA) is 52.0 Å². The molecule has 0 saturated heterocycles. The third-order valence-corrected chi connectivity index (χ3v) is 3.33. The van der Waals surface area contributed by atoms with Gasteiger partial charge in [0.1, 0.15) is 10.7 Å². The Kier molecular flexibility index (Phi) is 2.42. The van der Waals surface area contributed by atoms with Gasteiger partial charge in [0.2, 0.25) is 0 Å². The van der Waals surface area contributed by atoms with Crippen molar-refractivity contribution < 1.29 is 4.42 Å². The highest BCUT2D eigenvalue weighted by atomic mass is 32.1. The summed E-state index contributed by atoms with van der Waals surface area (Å²) in [7, 11) is 0. The molecule has 0 fully saturated rings. The molecule has 0 aliphatic heterocycles. The molecule has 0 aliphatic carbocycles. The number of anilines is 1. The molecule has 17 heavy (non-hydrogen) atoms. The highest BCUT2D eigenvalue weighted by Gasteiger charge is 2.13. The Balaban J connectivity index is 2.08. The lowest BCUT2D eigenvalue weighted by atomic mass is 10.2. The van der Waals surface area contributed by atoms with Crippen LogP contribution in [0.4, 0.5) is 5.00 Å². The molecule has 0 saturated carbocycles. The van der Waals surface area contributed by atoms with Gasteiger partial charge in [0.15, 0.2) is 10.8 Å². The second kappa shape index (κ2) is 4.07. The number of furan rings is 1. The summed E-state index contributed by atoms with van der Waals surface area (Å²) >= 11 is 1.44. The summed E-state index contributed by atoms with van der Waals surface area (Å²) in [6.45, 7) is 0. The Morgan fingerprint density at radius 1 is 1.06 bits per heavy atom. The minimum atomic E-state index is 0.711. The van der Waals surface area contributed by atoms with Crippen molar-refractivity contribution in [2.75, 3.05) is 5.73 Å². The van der Waals surface area contributed by atoms with Crippen LogP contribution in [-0.4, -0.2) is 4.98 Å². The van der Waals surface area contributed by atoms with Crippen molar-refractivity contribution in [3.63, 3.8) is 0 Å². The van der Waals surface area contributed by atoms with Gasteiger partial charge in [-0.1, -0.05) is 41.7 Å². The van der Waals surface area contributed by atoms with Gasteiger partial charge in [0.05, 0.1) is 6.26 Å². The Labute approximate surface area is 103 Å². The van der Waals surface area contributed by atoms with E-state index in [0.717, 1.165) is 22.0 Å². The first-order chi connectivity index (χ1) is 8.34. The molecule has 2 heterocycles. The number of benzene rings is 1. The zero-order valence-electron chi connectivity index (χ0n) is 8.96. The summed E-state index contributed by atoms with van der Waals surface area (Å²) in [5, 5.41) is 1.52. The van der Waals surface area contributed by atoms with E-state index >= 15 is 0 Å². The predicted octanol–water partition coefficient (Wildman–Crippen LogP) is 3.65. The Bertz CT molecular complexity index is 614. The molecule has 0 bridgehead atoms. The smallest absolute Gasteiger partial charge is 0.162 e. The molecule has 2 N–H and O–H groups in total. The van der Waals surface area contributed by atoms with Crippen molar-refractivity contribution >= 4 is 16.3 Å². The van der Waals surface area contributed by atoms with Crippen LogP contribution in [0, 0.1) is 0 Å². The van der Waals surface area contributed by atoms with Gasteiger partial charge in [-0.05, 0) is 12.1 Å². The van der Waals surface area contributed by atoms with Crippen LogP contribution in [0.25, 0.3) is 22.0 Å². The number of hydrogen-bond donors (Lipinski definition) is 1. The molecule has 2 aromatic heterocycles. The van der Waals surface area contributed by atoms with Crippen molar-refractivity contribution in [2.24, 2.45) is 0 Å². The first-order valence-electron chi connectivity index (χ1n) is 5.20. The van der Waals surface area contributed by atoms with Gasteiger partial charge < -0.3 is 10.2 Å². The van der Waals surface area contributed by atoms with Crippen LogP contribution in [0.2, 0.25) is 0 Å². The van der Waals surface area contributed by atoms with Crippen LogP contribution < -0.4 is 5.73 Å². The van der Waals surface area contributed by atoms with Gasteiger partial charge in [-0.25, -0.2) is 4.98 Å². The Morgan fingerprint density at radius 2 is 1.88 bits per heavy atom. The largest absolute Gasteiger partial charge is 0.462 e. The highest BCUT2D eigenvalue weighted by molar-refractivity contribution is 7.19. The van der Waals surface area contributed by atoms with Crippen LogP contribution in [0.3, 0.4) is 0 Å². The van der Waals surface area contributed by atoms with Crippen LogP contribution in [0.5, 0.6) is 0 Å². The Morgan fingerprint density at radius 3 is 2.59 bits per heavy atom. The van der Waals surface area contributed by atoms with E-state index in [2.05, 4.69) is 4.98 Å². The number of thiazole rings is 1. The van der Waals surface area contributed by atoms with Crippen molar-refractivity contribution in [1.29, 1.82) is 0 Å². The second-order valence-electron chi connectivity index (χ2n) is 3.58. The number of rotatable bonds is 2. The van der Waals surface area contributed by atoms with E-state index in [1.54, 1.807) is 6.26 Å². The normalized spacial score (nSPS) is 10.6. The molecule has 3 nitrogen and oxygen atoms in total. The number of nitrogen functional groups attached to an aromatic ring is 1. The molecule has 0 amide bonds. The molecule has 0 aliphatic rings. The molecular formula is C13H10N2OS. The summed E-state index contributed by atoms with van der Waals surface area (Å²) in [5.74, 6) is 0.754. The molecule has 84 valence electrons. The van der Waals surface area contributed by atoms with E-state index in [1.165, 1.54) is 11.3 Å². The summed E-state index contributed by atoms with van der Waals surface area (Å²) in [4.78, 5) is 4.52. The third-order valence-electron chi connectivity index (χ3n) is 2.43. The summed E-state index contributed by atoms with van der Waals surface area (Å²) in [5.41, 5.74) is 7.84. The van der Waals surface area contributed by atoms with Crippen molar-refractivity contribution in [2.45, 2.75) is 0 Å². The maximum atomic E-state index is 5.99. The highest BCUT2D eigenvalue weighted by Crippen LogP contribution is 2.35. The van der Waals surface area contributed by atoms with Crippen LogP contribution in [0.15, 0.2) is 53.1 Å². The van der Waals surface area contributed by atoms with Crippen LogP contribution >= 0.6 is 11.3 Å². The average molecular weight is 242 g/mol. The van der Waals surface area contributed by atoms with Gasteiger partial charge in [0.25, 0.3) is 0 Å². The van der Waals surface area contributed by atoms with Gasteiger partial charge in [0, 0.05) is 5.56 Å². The standard InChI is InChI=1S/C13H10N2OS/c14-12-11(9-5-2-1-3-6-9)15-13(17-12)10-7-4-8-16-10/h1-8H,14H2. The van der Waals surface area contributed by atoms with Gasteiger partial charge >= 0.3 is 0 Å². The first-order valence-corrected chi connectivity index (χ1v) is 6.02. The molecule has 3 rings (SSSR count). The minimum Gasteiger partial charge on any atom is -0.462 e. The predicted molar refractivity (Wildman–Crippen MR) is 69.7 cm³/mol. The van der Waals surface area contributed by atoms with E-state index in [1.807, 2.05) is 42.5 Å². The molecule has 0 atom stereocenters. The van der Waals surface area contributed by atoms with Crippen LogP contribution in [0.1, 0.15) is 0 Å². The van der Waals surface area contributed by atoms with Crippen LogP contribution in [-0.2, 0) is 0 Å². The first kappa shape index (κ1) is 10.1.